The molecule has 0 N–H and O–H groups in total. The Kier molecular flexibility index (Phi) is 6.92. The van der Waals surface area contributed by atoms with Crippen molar-refractivity contribution in [3.63, 3.8) is 0 Å². The summed E-state index contributed by atoms with van der Waals surface area (Å²) >= 11 is 0. The Morgan fingerprint density at radius 1 is 0.944 bits per heavy atom. The average Bonchev–Trinajstić information content (AvgIpc) is 3.39. The first-order valence-electron chi connectivity index (χ1n) is 12.0. The predicted molar refractivity (Wildman–Crippen MR) is 132 cm³/mol. The van der Waals surface area contributed by atoms with Gasteiger partial charge in [0, 0.05) is 26.2 Å². The van der Waals surface area contributed by atoms with Gasteiger partial charge < -0.3 is 13.8 Å². The SMILES string of the molecule is O=c1c(OC2CCCC2)c(N2CCN(S(=O)(=O)Oc3ccccc3)CC2)cnn1-c1cccc(F)c1. The number of hydrogen-bond acceptors (Lipinski definition) is 7. The molecular formula is C25H27FN4O5S. The van der Waals surface area contributed by atoms with Gasteiger partial charge in [0.05, 0.1) is 18.0 Å². The van der Waals surface area contributed by atoms with Crippen molar-refractivity contribution in [1.29, 1.82) is 0 Å². The lowest BCUT2D eigenvalue weighted by Crippen LogP contribution is -2.50. The van der Waals surface area contributed by atoms with Crippen LogP contribution in [0.5, 0.6) is 11.5 Å². The first-order chi connectivity index (χ1) is 17.4. The van der Waals surface area contributed by atoms with Crippen molar-refractivity contribution >= 4 is 16.0 Å². The van der Waals surface area contributed by atoms with Crippen LogP contribution in [0.3, 0.4) is 0 Å². The molecule has 2 aliphatic rings. The molecule has 11 heteroatoms. The molecule has 5 rings (SSSR count). The van der Waals surface area contributed by atoms with E-state index in [1.54, 1.807) is 36.4 Å². The normalized spacial score (nSPS) is 17.3. The smallest absolute Gasteiger partial charge is 0.385 e. The summed E-state index contributed by atoms with van der Waals surface area (Å²) in [7, 11) is -3.97. The maximum atomic E-state index is 13.8. The number of nitrogens with zero attached hydrogens (tertiary/aromatic N) is 4. The molecule has 36 heavy (non-hydrogen) atoms. The Balaban J connectivity index is 1.39. The molecule has 0 spiro atoms. The fourth-order valence-corrected chi connectivity index (χ4v) is 5.60. The van der Waals surface area contributed by atoms with Gasteiger partial charge in [-0.25, -0.2) is 4.39 Å². The highest BCUT2D eigenvalue weighted by molar-refractivity contribution is 7.84. The Hall–Kier alpha value is -3.44. The van der Waals surface area contributed by atoms with E-state index in [4.69, 9.17) is 8.92 Å². The standard InChI is InChI=1S/C25H27FN4O5S/c26-19-7-6-8-20(17-19)30-25(31)24(34-21-9-4-5-10-21)23(18-27-30)28-13-15-29(16-14-28)36(32,33)35-22-11-2-1-3-12-22/h1-3,6-8,11-12,17-18,21H,4-5,9-10,13-16H2. The summed E-state index contributed by atoms with van der Waals surface area (Å²) in [6, 6.07) is 14.0. The first-order valence-corrected chi connectivity index (χ1v) is 13.3. The average molecular weight is 515 g/mol. The van der Waals surface area contributed by atoms with Crippen molar-refractivity contribution in [1.82, 2.24) is 14.1 Å². The highest BCUT2D eigenvalue weighted by atomic mass is 32.2. The van der Waals surface area contributed by atoms with Gasteiger partial charge in [-0.05, 0) is 56.0 Å². The van der Waals surface area contributed by atoms with E-state index < -0.39 is 21.7 Å². The number of ether oxygens (including phenoxy) is 1. The van der Waals surface area contributed by atoms with Crippen LogP contribution in [0.15, 0.2) is 65.6 Å². The Morgan fingerprint density at radius 2 is 1.67 bits per heavy atom. The van der Waals surface area contributed by atoms with Crippen molar-refractivity contribution in [2.75, 3.05) is 31.1 Å². The summed E-state index contributed by atoms with van der Waals surface area (Å²) in [5.74, 6) is -0.0751. The van der Waals surface area contributed by atoms with Crippen molar-refractivity contribution < 1.29 is 21.7 Å². The molecule has 1 aliphatic carbocycles. The van der Waals surface area contributed by atoms with E-state index in [2.05, 4.69) is 5.10 Å². The van der Waals surface area contributed by atoms with Gasteiger partial charge in [0.15, 0.2) is 0 Å². The zero-order valence-corrected chi connectivity index (χ0v) is 20.4. The molecule has 1 aliphatic heterocycles. The lowest BCUT2D eigenvalue weighted by Gasteiger charge is -2.35. The number of para-hydroxylation sites is 1. The van der Waals surface area contributed by atoms with Gasteiger partial charge in [0.2, 0.25) is 5.75 Å². The number of hydrogen-bond donors (Lipinski definition) is 0. The van der Waals surface area contributed by atoms with Gasteiger partial charge in [0.1, 0.15) is 17.3 Å². The van der Waals surface area contributed by atoms with Crippen LogP contribution in [-0.4, -0.2) is 54.8 Å². The number of piperazine rings is 1. The Morgan fingerprint density at radius 3 is 2.36 bits per heavy atom. The molecule has 0 amide bonds. The molecule has 0 unspecified atom stereocenters. The van der Waals surface area contributed by atoms with E-state index in [0.29, 0.717) is 24.5 Å². The van der Waals surface area contributed by atoms with Crippen LogP contribution < -0.4 is 19.4 Å². The summed E-state index contributed by atoms with van der Waals surface area (Å²) in [6.07, 6.45) is 5.21. The summed E-state index contributed by atoms with van der Waals surface area (Å²) in [6.45, 7) is 0.989. The lowest BCUT2D eigenvalue weighted by molar-refractivity contribution is 0.205. The van der Waals surface area contributed by atoms with Gasteiger partial charge in [-0.1, -0.05) is 24.3 Å². The van der Waals surface area contributed by atoms with Crippen LogP contribution in [0, 0.1) is 5.82 Å². The third-order valence-corrected chi connectivity index (χ3v) is 7.80. The van der Waals surface area contributed by atoms with Crippen LogP contribution in [-0.2, 0) is 10.3 Å². The van der Waals surface area contributed by atoms with E-state index in [-0.39, 0.29) is 30.7 Å². The van der Waals surface area contributed by atoms with Crippen molar-refractivity contribution in [2.24, 2.45) is 0 Å². The van der Waals surface area contributed by atoms with Crippen LogP contribution in [0.1, 0.15) is 25.7 Å². The Bertz CT molecular complexity index is 1370. The molecule has 2 heterocycles. The molecule has 2 fully saturated rings. The van der Waals surface area contributed by atoms with Crippen molar-refractivity contribution in [3.05, 3.63) is 77.0 Å². The topological polar surface area (TPSA) is 94.0 Å². The van der Waals surface area contributed by atoms with Crippen LogP contribution in [0.4, 0.5) is 10.1 Å². The van der Waals surface area contributed by atoms with Gasteiger partial charge in [-0.3, -0.25) is 4.79 Å². The maximum Gasteiger partial charge on any atom is 0.385 e. The number of aromatic nitrogens is 2. The number of halogens is 1. The Labute approximate surface area is 208 Å². The van der Waals surface area contributed by atoms with E-state index in [9.17, 15) is 17.6 Å². The molecule has 190 valence electrons. The fourth-order valence-electron chi connectivity index (χ4n) is 4.53. The predicted octanol–water partition coefficient (Wildman–Crippen LogP) is 3.14. The summed E-state index contributed by atoms with van der Waals surface area (Å²) in [5.41, 5.74) is 0.324. The summed E-state index contributed by atoms with van der Waals surface area (Å²) in [5, 5.41) is 4.28. The van der Waals surface area contributed by atoms with E-state index in [1.807, 2.05) is 4.90 Å². The van der Waals surface area contributed by atoms with Crippen LogP contribution in [0.25, 0.3) is 5.69 Å². The van der Waals surface area contributed by atoms with Gasteiger partial charge >= 0.3 is 15.9 Å². The molecule has 9 nitrogen and oxygen atoms in total. The molecule has 1 saturated carbocycles. The first kappa shape index (κ1) is 24.3. The lowest BCUT2D eigenvalue weighted by atomic mass is 10.2. The molecule has 1 aromatic heterocycles. The quantitative estimate of drug-likeness (QED) is 0.478. The fraction of sp³-hybridized carbons (Fsp3) is 0.360. The van der Waals surface area contributed by atoms with Crippen LogP contribution >= 0.6 is 0 Å². The number of anilines is 1. The van der Waals surface area contributed by atoms with Gasteiger partial charge in [-0.2, -0.15) is 22.5 Å². The zero-order chi connectivity index (χ0) is 25.1. The molecule has 0 bridgehead atoms. The summed E-state index contributed by atoms with van der Waals surface area (Å²) in [4.78, 5) is 15.4. The monoisotopic (exact) mass is 514 g/mol. The van der Waals surface area contributed by atoms with Crippen molar-refractivity contribution in [2.45, 2.75) is 31.8 Å². The second-order valence-electron chi connectivity index (χ2n) is 8.82. The number of rotatable bonds is 7. The molecule has 1 saturated heterocycles. The highest BCUT2D eigenvalue weighted by Gasteiger charge is 2.31. The zero-order valence-electron chi connectivity index (χ0n) is 19.6. The molecule has 2 aromatic carbocycles. The molecular weight excluding hydrogens is 487 g/mol. The van der Waals surface area contributed by atoms with Gasteiger partial charge in [-0.15, -0.1) is 0 Å². The van der Waals surface area contributed by atoms with Crippen molar-refractivity contribution in [3.8, 4) is 17.2 Å². The summed E-state index contributed by atoms with van der Waals surface area (Å²) < 4.78 is 53.1. The third-order valence-electron chi connectivity index (χ3n) is 6.39. The molecule has 3 aromatic rings. The van der Waals surface area contributed by atoms with Gasteiger partial charge in [0.25, 0.3) is 0 Å². The van der Waals surface area contributed by atoms with E-state index in [1.165, 1.54) is 28.7 Å². The van der Waals surface area contributed by atoms with E-state index >= 15 is 0 Å². The largest absolute Gasteiger partial charge is 0.483 e. The number of benzene rings is 2. The second kappa shape index (κ2) is 10.3. The van der Waals surface area contributed by atoms with Crippen LogP contribution in [0.2, 0.25) is 0 Å². The minimum absolute atomic E-state index is 0.0826. The highest BCUT2D eigenvalue weighted by Crippen LogP contribution is 2.30. The minimum Gasteiger partial charge on any atom is -0.483 e. The minimum atomic E-state index is -3.97. The third kappa shape index (κ3) is 5.21. The molecule has 0 radical (unpaired) electrons. The van der Waals surface area contributed by atoms with E-state index in [0.717, 1.165) is 30.4 Å². The second-order valence-corrected chi connectivity index (χ2v) is 10.4. The molecule has 0 atom stereocenters. The maximum absolute atomic E-state index is 13.8.